The topological polar surface area (TPSA) is 79.5 Å². The van der Waals surface area contributed by atoms with Crippen molar-refractivity contribution < 1.29 is 14.3 Å². The predicted molar refractivity (Wildman–Crippen MR) is 103 cm³/mol. The molecule has 3 N–H and O–H groups in total. The molecule has 6 nitrogen and oxygen atoms in total. The molecule has 0 radical (unpaired) electrons. The number of halogens is 1. The summed E-state index contributed by atoms with van der Waals surface area (Å²) in [7, 11) is 1.59. The van der Waals surface area contributed by atoms with Gasteiger partial charge < -0.3 is 20.7 Å². The molecule has 144 valence electrons. The van der Waals surface area contributed by atoms with E-state index in [0.29, 0.717) is 36.4 Å². The molecule has 1 aliphatic carbocycles. The van der Waals surface area contributed by atoms with Crippen LogP contribution in [0.25, 0.3) is 0 Å². The van der Waals surface area contributed by atoms with Crippen LogP contribution >= 0.6 is 12.4 Å². The number of rotatable bonds is 6. The van der Waals surface area contributed by atoms with Gasteiger partial charge in [0.1, 0.15) is 5.75 Å². The number of amides is 2. The lowest BCUT2D eigenvalue weighted by Gasteiger charge is -2.24. The third-order valence-corrected chi connectivity index (χ3v) is 5.24. The summed E-state index contributed by atoms with van der Waals surface area (Å²) in [5.41, 5.74) is 0.577. The first-order valence-corrected chi connectivity index (χ1v) is 9.13. The van der Waals surface area contributed by atoms with E-state index in [0.717, 1.165) is 6.42 Å². The molecular weight excluding hydrogens is 354 g/mol. The zero-order valence-electron chi connectivity index (χ0n) is 15.1. The molecule has 3 atom stereocenters. The Morgan fingerprint density at radius 1 is 1.12 bits per heavy atom. The SMILES string of the molecule is COc1ccc(C(=O)NCCNC(=O)C2CC3CCCCC3N2)cc1.Cl. The van der Waals surface area contributed by atoms with Crippen LogP contribution in [0, 0.1) is 5.92 Å². The molecule has 0 aromatic heterocycles. The van der Waals surface area contributed by atoms with E-state index in [1.807, 2.05) is 0 Å². The highest BCUT2D eigenvalue weighted by Crippen LogP contribution is 2.33. The number of hydrogen-bond acceptors (Lipinski definition) is 4. The number of benzene rings is 1. The summed E-state index contributed by atoms with van der Waals surface area (Å²) in [5, 5.41) is 9.21. The summed E-state index contributed by atoms with van der Waals surface area (Å²) < 4.78 is 5.07. The normalized spacial score (nSPS) is 24.1. The minimum absolute atomic E-state index is 0. The largest absolute Gasteiger partial charge is 0.497 e. The summed E-state index contributed by atoms with van der Waals surface area (Å²) in [5.74, 6) is 1.27. The van der Waals surface area contributed by atoms with Gasteiger partial charge in [0.2, 0.25) is 5.91 Å². The molecule has 0 bridgehead atoms. The Labute approximate surface area is 160 Å². The average Bonchev–Trinajstić information content (AvgIpc) is 3.09. The van der Waals surface area contributed by atoms with Crippen LogP contribution in [-0.2, 0) is 4.79 Å². The van der Waals surface area contributed by atoms with Gasteiger partial charge in [0, 0.05) is 24.7 Å². The second kappa shape index (κ2) is 9.78. The van der Waals surface area contributed by atoms with Crippen molar-refractivity contribution >= 4 is 24.2 Å². The van der Waals surface area contributed by atoms with Gasteiger partial charge in [0.25, 0.3) is 5.91 Å². The molecule has 1 saturated heterocycles. The van der Waals surface area contributed by atoms with Crippen molar-refractivity contribution in [2.24, 2.45) is 5.92 Å². The molecule has 1 heterocycles. The second-order valence-electron chi connectivity index (χ2n) is 6.88. The number of carbonyl (C=O) groups excluding carboxylic acids is 2. The van der Waals surface area contributed by atoms with Crippen molar-refractivity contribution in [2.75, 3.05) is 20.2 Å². The number of ether oxygens (including phenoxy) is 1. The van der Waals surface area contributed by atoms with Crippen molar-refractivity contribution in [1.29, 1.82) is 0 Å². The monoisotopic (exact) mass is 381 g/mol. The molecule has 2 fully saturated rings. The van der Waals surface area contributed by atoms with Gasteiger partial charge in [-0.3, -0.25) is 9.59 Å². The molecule has 1 aliphatic heterocycles. The van der Waals surface area contributed by atoms with Crippen LogP contribution in [0.5, 0.6) is 5.75 Å². The van der Waals surface area contributed by atoms with Crippen LogP contribution in [0.1, 0.15) is 42.5 Å². The van der Waals surface area contributed by atoms with Crippen molar-refractivity contribution in [3.05, 3.63) is 29.8 Å². The fourth-order valence-electron chi connectivity index (χ4n) is 3.85. The molecular formula is C19H28ClN3O3. The first kappa shape index (κ1) is 20.5. The Hall–Kier alpha value is -1.79. The minimum Gasteiger partial charge on any atom is -0.497 e. The van der Waals surface area contributed by atoms with Gasteiger partial charge in [0.15, 0.2) is 0 Å². The van der Waals surface area contributed by atoms with Crippen molar-refractivity contribution in [1.82, 2.24) is 16.0 Å². The molecule has 2 aliphatic rings. The van der Waals surface area contributed by atoms with E-state index in [1.165, 1.54) is 25.7 Å². The maximum absolute atomic E-state index is 12.3. The summed E-state index contributed by atoms with van der Waals surface area (Å²) in [6, 6.07) is 7.38. The van der Waals surface area contributed by atoms with Crippen LogP contribution < -0.4 is 20.7 Å². The molecule has 1 aromatic rings. The van der Waals surface area contributed by atoms with Crippen molar-refractivity contribution in [3.63, 3.8) is 0 Å². The predicted octanol–water partition coefficient (Wildman–Crippen LogP) is 1.88. The number of fused-ring (bicyclic) bond motifs is 1. The van der Waals surface area contributed by atoms with Gasteiger partial charge in [-0.1, -0.05) is 12.8 Å². The number of hydrogen-bond donors (Lipinski definition) is 3. The summed E-state index contributed by atoms with van der Waals surface area (Å²) in [6.45, 7) is 0.852. The Bertz CT molecular complexity index is 595. The summed E-state index contributed by atoms with van der Waals surface area (Å²) in [4.78, 5) is 24.3. The highest BCUT2D eigenvalue weighted by Gasteiger charge is 2.37. The lowest BCUT2D eigenvalue weighted by Crippen LogP contribution is -2.45. The maximum atomic E-state index is 12.3. The average molecular weight is 382 g/mol. The molecule has 3 rings (SSSR count). The molecule has 3 unspecified atom stereocenters. The van der Waals surface area contributed by atoms with Crippen LogP contribution in [0.4, 0.5) is 0 Å². The number of nitrogens with one attached hydrogen (secondary N) is 3. The van der Waals surface area contributed by atoms with Gasteiger partial charge in [0.05, 0.1) is 13.2 Å². The van der Waals surface area contributed by atoms with Crippen molar-refractivity contribution in [2.45, 2.75) is 44.2 Å². The van der Waals surface area contributed by atoms with E-state index in [2.05, 4.69) is 16.0 Å². The van der Waals surface area contributed by atoms with E-state index in [4.69, 9.17) is 4.74 Å². The Balaban J connectivity index is 0.00000243. The van der Waals surface area contributed by atoms with Crippen molar-refractivity contribution in [3.8, 4) is 5.75 Å². The fourth-order valence-corrected chi connectivity index (χ4v) is 3.85. The standard InChI is InChI=1S/C19H27N3O3.ClH/c1-25-15-8-6-13(7-9-15)18(23)20-10-11-21-19(24)17-12-14-4-2-3-5-16(14)22-17;/h6-9,14,16-17,22H,2-5,10-12H2,1H3,(H,20,23)(H,21,24);1H. The first-order valence-electron chi connectivity index (χ1n) is 9.13. The minimum atomic E-state index is -0.151. The van der Waals surface area contributed by atoms with E-state index >= 15 is 0 Å². The molecule has 7 heteroatoms. The van der Waals surface area contributed by atoms with Crippen LogP contribution in [0.15, 0.2) is 24.3 Å². The molecule has 0 spiro atoms. The Kier molecular flexibility index (Phi) is 7.72. The fraction of sp³-hybridized carbons (Fsp3) is 0.579. The molecule has 1 aromatic carbocycles. The van der Waals surface area contributed by atoms with Crippen LogP contribution in [0.3, 0.4) is 0 Å². The smallest absolute Gasteiger partial charge is 0.251 e. The zero-order chi connectivity index (χ0) is 17.6. The Morgan fingerprint density at radius 3 is 2.50 bits per heavy atom. The van der Waals surface area contributed by atoms with Gasteiger partial charge in [-0.25, -0.2) is 0 Å². The second-order valence-corrected chi connectivity index (χ2v) is 6.88. The molecule has 1 saturated carbocycles. The first-order chi connectivity index (χ1) is 12.2. The summed E-state index contributed by atoms with van der Waals surface area (Å²) in [6.07, 6.45) is 5.91. The number of carbonyl (C=O) groups is 2. The van der Waals surface area contributed by atoms with E-state index in [9.17, 15) is 9.59 Å². The third-order valence-electron chi connectivity index (χ3n) is 5.24. The van der Waals surface area contributed by atoms with Gasteiger partial charge in [-0.2, -0.15) is 0 Å². The Morgan fingerprint density at radius 2 is 1.81 bits per heavy atom. The maximum Gasteiger partial charge on any atom is 0.251 e. The lowest BCUT2D eigenvalue weighted by atomic mass is 9.85. The summed E-state index contributed by atoms with van der Waals surface area (Å²) >= 11 is 0. The van der Waals surface area contributed by atoms with Crippen LogP contribution in [0.2, 0.25) is 0 Å². The highest BCUT2D eigenvalue weighted by molar-refractivity contribution is 5.94. The van der Waals surface area contributed by atoms with Gasteiger partial charge in [-0.05, 0) is 49.4 Å². The van der Waals surface area contributed by atoms with E-state index in [1.54, 1.807) is 31.4 Å². The van der Waals surface area contributed by atoms with Gasteiger partial charge >= 0.3 is 0 Å². The van der Waals surface area contributed by atoms with E-state index in [-0.39, 0.29) is 30.3 Å². The number of methoxy groups -OCH3 is 1. The van der Waals surface area contributed by atoms with Gasteiger partial charge in [-0.15, -0.1) is 12.4 Å². The quantitative estimate of drug-likeness (QED) is 0.657. The van der Waals surface area contributed by atoms with Crippen LogP contribution in [-0.4, -0.2) is 44.1 Å². The lowest BCUT2D eigenvalue weighted by molar-refractivity contribution is -0.122. The molecule has 2 amide bonds. The zero-order valence-corrected chi connectivity index (χ0v) is 15.9. The van der Waals surface area contributed by atoms with E-state index < -0.39 is 0 Å². The molecule has 26 heavy (non-hydrogen) atoms. The third kappa shape index (κ3) is 5.11. The highest BCUT2D eigenvalue weighted by atomic mass is 35.5.